The summed E-state index contributed by atoms with van der Waals surface area (Å²) in [6, 6.07) is 11.3. The van der Waals surface area contributed by atoms with E-state index in [4.69, 9.17) is 27.9 Å². The second kappa shape index (κ2) is 9.80. The normalized spacial score (nSPS) is 15.5. The quantitative estimate of drug-likeness (QED) is 0.523. The number of aryl methyl sites for hydroxylation is 1. The predicted molar refractivity (Wildman–Crippen MR) is 115 cm³/mol. The number of ether oxygens (including phenoxy) is 1. The Morgan fingerprint density at radius 1 is 1.10 bits per heavy atom. The number of halogens is 2. The van der Waals surface area contributed by atoms with Crippen LogP contribution in [0.3, 0.4) is 0 Å². The summed E-state index contributed by atoms with van der Waals surface area (Å²) in [6.45, 7) is 1.38. The van der Waals surface area contributed by atoms with Crippen LogP contribution in [0.5, 0.6) is 0 Å². The van der Waals surface area contributed by atoms with Gasteiger partial charge >= 0.3 is 5.97 Å². The molecule has 0 aromatic heterocycles. The van der Waals surface area contributed by atoms with Gasteiger partial charge in [0, 0.05) is 34.3 Å². The number of nitrogens with zero attached hydrogens (tertiary/aromatic N) is 1. The molecule has 0 unspecified atom stereocenters. The first kappa shape index (κ1) is 22.6. The Hall–Kier alpha value is -3.10. The molecule has 1 aliphatic rings. The highest BCUT2D eigenvalue weighted by Gasteiger charge is 2.36. The van der Waals surface area contributed by atoms with Gasteiger partial charge in [-0.05, 0) is 48.9 Å². The lowest BCUT2D eigenvalue weighted by molar-refractivity contribution is -0.152. The number of hydrazine groups is 1. The molecule has 0 radical (unpaired) electrons. The molecule has 1 heterocycles. The summed E-state index contributed by atoms with van der Waals surface area (Å²) in [4.78, 5) is 49.8. The van der Waals surface area contributed by atoms with Gasteiger partial charge in [0.1, 0.15) is 0 Å². The van der Waals surface area contributed by atoms with Gasteiger partial charge < -0.3 is 9.64 Å². The molecular weight excluding hydrogens is 445 g/mol. The summed E-state index contributed by atoms with van der Waals surface area (Å²) >= 11 is 11.9. The van der Waals surface area contributed by atoms with Crippen molar-refractivity contribution in [3.8, 4) is 0 Å². The fourth-order valence-electron chi connectivity index (χ4n) is 2.96. The minimum absolute atomic E-state index is 0.0285. The number of carbonyl (C=O) groups is 4. The van der Waals surface area contributed by atoms with Gasteiger partial charge in [0.05, 0.1) is 5.92 Å². The van der Waals surface area contributed by atoms with Crippen molar-refractivity contribution in [3.05, 3.63) is 63.6 Å². The zero-order valence-corrected chi connectivity index (χ0v) is 18.0. The van der Waals surface area contributed by atoms with Gasteiger partial charge in [0.2, 0.25) is 5.91 Å². The Morgan fingerprint density at radius 3 is 2.48 bits per heavy atom. The zero-order chi connectivity index (χ0) is 22.5. The van der Waals surface area contributed by atoms with Gasteiger partial charge in [-0.1, -0.05) is 29.3 Å². The lowest BCUT2D eigenvalue weighted by Crippen LogP contribution is -2.43. The number of benzene rings is 2. The molecule has 0 spiro atoms. The Bertz CT molecular complexity index is 1030. The summed E-state index contributed by atoms with van der Waals surface area (Å²) in [7, 11) is 0. The van der Waals surface area contributed by atoms with Crippen LogP contribution in [0.2, 0.25) is 10.0 Å². The number of hydrogen-bond donors (Lipinski definition) is 2. The lowest BCUT2D eigenvalue weighted by atomic mass is 10.1. The molecule has 2 aromatic rings. The smallest absolute Gasteiger partial charge is 0.311 e. The molecule has 3 rings (SSSR count). The van der Waals surface area contributed by atoms with Crippen LogP contribution in [0.4, 0.5) is 5.69 Å². The van der Waals surface area contributed by atoms with E-state index in [1.54, 1.807) is 18.2 Å². The minimum Gasteiger partial charge on any atom is -0.455 e. The molecule has 0 bridgehead atoms. The first-order valence-electron chi connectivity index (χ1n) is 9.32. The number of esters is 1. The van der Waals surface area contributed by atoms with Gasteiger partial charge in [-0.25, -0.2) is 0 Å². The lowest BCUT2D eigenvalue weighted by Gasteiger charge is -2.17. The molecule has 1 aliphatic heterocycles. The molecule has 1 atom stereocenters. The predicted octanol–water partition coefficient (Wildman–Crippen LogP) is 2.66. The van der Waals surface area contributed by atoms with Crippen LogP contribution in [0.25, 0.3) is 0 Å². The van der Waals surface area contributed by atoms with E-state index in [-0.39, 0.29) is 18.9 Å². The van der Waals surface area contributed by atoms with Crippen molar-refractivity contribution in [2.45, 2.75) is 13.3 Å². The number of amides is 3. The Kier molecular flexibility index (Phi) is 7.14. The molecule has 0 aliphatic carbocycles. The summed E-state index contributed by atoms with van der Waals surface area (Å²) in [6.07, 6.45) is -0.0285. The highest BCUT2D eigenvalue weighted by atomic mass is 35.5. The first-order valence-corrected chi connectivity index (χ1v) is 10.1. The monoisotopic (exact) mass is 463 g/mol. The van der Waals surface area contributed by atoms with Crippen molar-refractivity contribution in [2.24, 2.45) is 5.92 Å². The van der Waals surface area contributed by atoms with Crippen molar-refractivity contribution >= 4 is 52.6 Å². The summed E-state index contributed by atoms with van der Waals surface area (Å²) in [5, 5.41) is 0.996. The standard InChI is InChI=1S/C21H19Cl2N3O5/c1-12-2-7-16(9-17(12)23)26-10-14(8-19(26)28)21(30)31-11-18(27)24-25-20(29)13-3-5-15(22)6-4-13/h2-7,9,14H,8,10-11H2,1H3,(H,24,27)(H,25,29)/t14-/m0/s1. The molecule has 162 valence electrons. The number of hydrogen-bond acceptors (Lipinski definition) is 5. The van der Waals surface area contributed by atoms with E-state index in [9.17, 15) is 19.2 Å². The maximum absolute atomic E-state index is 12.3. The van der Waals surface area contributed by atoms with E-state index in [0.29, 0.717) is 21.3 Å². The fraction of sp³-hybridized carbons (Fsp3) is 0.238. The third-order valence-corrected chi connectivity index (χ3v) is 5.35. The van der Waals surface area contributed by atoms with Crippen molar-refractivity contribution in [2.75, 3.05) is 18.1 Å². The molecule has 31 heavy (non-hydrogen) atoms. The number of nitrogens with one attached hydrogen (secondary N) is 2. The molecule has 10 heteroatoms. The van der Waals surface area contributed by atoms with E-state index in [1.807, 2.05) is 6.92 Å². The summed E-state index contributed by atoms with van der Waals surface area (Å²) < 4.78 is 4.99. The van der Waals surface area contributed by atoms with Crippen LogP contribution >= 0.6 is 23.2 Å². The van der Waals surface area contributed by atoms with Gasteiger partial charge in [-0.3, -0.25) is 30.0 Å². The fourth-order valence-corrected chi connectivity index (χ4v) is 3.26. The van der Waals surface area contributed by atoms with Crippen LogP contribution in [-0.2, 0) is 19.1 Å². The number of carbonyl (C=O) groups excluding carboxylic acids is 4. The van der Waals surface area contributed by atoms with Crippen molar-refractivity contribution < 1.29 is 23.9 Å². The Morgan fingerprint density at radius 2 is 1.81 bits per heavy atom. The SMILES string of the molecule is Cc1ccc(N2C[C@@H](C(=O)OCC(=O)NNC(=O)c3ccc(Cl)cc3)CC2=O)cc1Cl. The van der Waals surface area contributed by atoms with Crippen LogP contribution < -0.4 is 15.8 Å². The van der Waals surface area contributed by atoms with Crippen LogP contribution in [0.1, 0.15) is 22.3 Å². The second-order valence-electron chi connectivity index (χ2n) is 6.96. The topological polar surface area (TPSA) is 105 Å². The van der Waals surface area contributed by atoms with Gasteiger partial charge in [-0.2, -0.15) is 0 Å². The molecule has 3 amide bonds. The molecule has 2 N–H and O–H groups in total. The third-order valence-electron chi connectivity index (χ3n) is 4.69. The van der Waals surface area contributed by atoms with Crippen molar-refractivity contribution in [3.63, 3.8) is 0 Å². The van der Waals surface area contributed by atoms with Crippen LogP contribution in [0.15, 0.2) is 42.5 Å². The average molecular weight is 464 g/mol. The van der Waals surface area contributed by atoms with Crippen LogP contribution in [0, 0.1) is 12.8 Å². The van der Waals surface area contributed by atoms with Crippen molar-refractivity contribution in [1.82, 2.24) is 10.9 Å². The average Bonchev–Trinajstić information content (AvgIpc) is 3.14. The van der Waals surface area contributed by atoms with E-state index in [1.165, 1.54) is 29.2 Å². The maximum Gasteiger partial charge on any atom is 0.311 e. The molecule has 1 fully saturated rings. The molecule has 1 saturated heterocycles. The van der Waals surface area contributed by atoms with E-state index in [2.05, 4.69) is 10.9 Å². The summed E-state index contributed by atoms with van der Waals surface area (Å²) in [5.41, 5.74) is 6.13. The van der Waals surface area contributed by atoms with Crippen molar-refractivity contribution in [1.29, 1.82) is 0 Å². The molecular formula is C21H19Cl2N3O5. The zero-order valence-electron chi connectivity index (χ0n) is 16.5. The van der Waals surface area contributed by atoms with E-state index < -0.39 is 30.3 Å². The highest BCUT2D eigenvalue weighted by molar-refractivity contribution is 6.31. The molecule has 0 saturated carbocycles. The maximum atomic E-state index is 12.3. The van der Waals surface area contributed by atoms with Gasteiger partial charge in [0.15, 0.2) is 6.61 Å². The Balaban J connectivity index is 1.46. The third kappa shape index (κ3) is 5.74. The second-order valence-corrected chi connectivity index (χ2v) is 7.80. The highest BCUT2D eigenvalue weighted by Crippen LogP contribution is 2.29. The van der Waals surface area contributed by atoms with Gasteiger partial charge in [-0.15, -0.1) is 0 Å². The number of anilines is 1. The van der Waals surface area contributed by atoms with Gasteiger partial charge in [0.25, 0.3) is 11.8 Å². The van der Waals surface area contributed by atoms with E-state index >= 15 is 0 Å². The van der Waals surface area contributed by atoms with E-state index in [0.717, 1.165) is 5.56 Å². The largest absolute Gasteiger partial charge is 0.455 e. The minimum atomic E-state index is -0.720. The molecule has 8 nitrogen and oxygen atoms in total. The number of rotatable bonds is 5. The van der Waals surface area contributed by atoms with Crippen LogP contribution in [-0.4, -0.2) is 36.8 Å². The molecule has 2 aromatic carbocycles. The summed E-state index contributed by atoms with van der Waals surface area (Å²) in [5.74, 6) is -2.88. The Labute approximate surface area is 188 Å². The first-order chi connectivity index (χ1) is 14.7.